The molecule has 162 valence electrons. The summed E-state index contributed by atoms with van der Waals surface area (Å²) in [4.78, 5) is 10.3. The van der Waals surface area contributed by atoms with Gasteiger partial charge in [0.1, 0.15) is 6.61 Å². The summed E-state index contributed by atoms with van der Waals surface area (Å²) in [6.07, 6.45) is 0. The molecule has 0 aliphatic rings. The Kier molecular flexibility index (Phi) is 8.09. The predicted octanol–water partition coefficient (Wildman–Crippen LogP) is 5.04. The van der Waals surface area contributed by atoms with Gasteiger partial charge in [-0.05, 0) is 35.9 Å². The zero-order valence-electron chi connectivity index (χ0n) is 17.1. The number of hydrogen-bond donors (Lipinski definition) is 2. The number of nitrogens with zero attached hydrogens (tertiary/aromatic N) is 1. The maximum Gasteiger partial charge on any atom is 0.269 e. The monoisotopic (exact) mass is 441 g/mol. The molecule has 2 N–H and O–H groups in total. The number of anilines is 1. The van der Waals surface area contributed by atoms with Crippen LogP contribution in [0.1, 0.15) is 11.1 Å². The Morgan fingerprint density at radius 2 is 1.74 bits per heavy atom. The van der Waals surface area contributed by atoms with E-state index in [1.54, 1.807) is 19.2 Å². The van der Waals surface area contributed by atoms with E-state index in [4.69, 9.17) is 21.1 Å². The number of methoxy groups -OCH3 is 1. The number of benzene rings is 3. The quantitative estimate of drug-likeness (QED) is 0.246. The van der Waals surface area contributed by atoms with E-state index in [1.165, 1.54) is 12.1 Å². The van der Waals surface area contributed by atoms with Gasteiger partial charge >= 0.3 is 0 Å². The number of non-ortho nitro benzene ring substituents is 1. The van der Waals surface area contributed by atoms with E-state index in [1.807, 2.05) is 42.5 Å². The van der Waals surface area contributed by atoms with Crippen molar-refractivity contribution in [3.63, 3.8) is 0 Å². The molecule has 0 heterocycles. The smallest absolute Gasteiger partial charge is 0.269 e. The van der Waals surface area contributed by atoms with Crippen molar-refractivity contribution >= 4 is 23.0 Å². The molecule has 0 saturated heterocycles. The van der Waals surface area contributed by atoms with E-state index in [9.17, 15) is 10.1 Å². The lowest BCUT2D eigenvalue weighted by Crippen LogP contribution is -2.22. The van der Waals surface area contributed by atoms with Crippen molar-refractivity contribution < 1.29 is 14.4 Å². The fraction of sp³-hybridized carbons (Fsp3) is 0.217. The molecule has 3 rings (SSSR count). The maximum absolute atomic E-state index is 10.7. The van der Waals surface area contributed by atoms with E-state index < -0.39 is 4.92 Å². The molecule has 0 aliphatic heterocycles. The van der Waals surface area contributed by atoms with Crippen molar-refractivity contribution in [2.75, 3.05) is 25.5 Å². The highest BCUT2D eigenvalue weighted by molar-refractivity contribution is 6.30. The van der Waals surface area contributed by atoms with Gasteiger partial charge in [0.2, 0.25) is 0 Å². The van der Waals surface area contributed by atoms with Gasteiger partial charge in [-0.15, -0.1) is 0 Å². The van der Waals surface area contributed by atoms with E-state index >= 15 is 0 Å². The number of nitrogens with one attached hydrogen (secondary N) is 2. The summed E-state index contributed by atoms with van der Waals surface area (Å²) < 4.78 is 11.5. The highest BCUT2D eigenvalue weighted by Crippen LogP contribution is 2.32. The minimum Gasteiger partial charge on any atom is -0.493 e. The molecule has 0 spiro atoms. The summed E-state index contributed by atoms with van der Waals surface area (Å²) in [5, 5.41) is 18.0. The molecule has 3 aromatic carbocycles. The summed E-state index contributed by atoms with van der Waals surface area (Å²) in [6, 6.07) is 19.7. The second-order valence-electron chi connectivity index (χ2n) is 6.77. The van der Waals surface area contributed by atoms with E-state index in [0.29, 0.717) is 42.8 Å². The second kappa shape index (κ2) is 11.2. The molecule has 0 aliphatic carbocycles. The van der Waals surface area contributed by atoms with Gasteiger partial charge in [0.05, 0.1) is 12.0 Å². The fourth-order valence-electron chi connectivity index (χ4n) is 2.98. The van der Waals surface area contributed by atoms with Crippen molar-refractivity contribution in [3.8, 4) is 11.5 Å². The molecule has 0 bridgehead atoms. The topological polar surface area (TPSA) is 85.7 Å². The first kappa shape index (κ1) is 22.4. The highest BCUT2D eigenvalue weighted by Gasteiger charge is 2.11. The second-order valence-corrected chi connectivity index (χ2v) is 7.21. The van der Waals surface area contributed by atoms with Gasteiger partial charge in [-0.25, -0.2) is 0 Å². The van der Waals surface area contributed by atoms with Gasteiger partial charge in [0.25, 0.3) is 5.69 Å². The van der Waals surface area contributed by atoms with Crippen LogP contribution < -0.4 is 20.1 Å². The summed E-state index contributed by atoms with van der Waals surface area (Å²) in [5.74, 6) is 1.38. The van der Waals surface area contributed by atoms with Gasteiger partial charge in [-0.1, -0.05) is 35.9 Å². The van der Waals surface area contributed by atoms with Crippen molar-refractivity contribution in [2.45, 2.75) is 13.2 Å². The van der Waals surface area contributed by atoms with Crippen LogP contribution in [0.2, 0.25) is 5.02 Å². The Bertz CT molecular complexity index is 995. The van der Waals surface area contributed by atoms with Crippen LogP contribution in [-0.2, 0) is 13.2 Å². The van der Waals surface area contributed by atoms with Gasteiger partial charge in [-0.3, -0.25) is 10.1 Å². The molecular weight excluding hydrogens is 418 g/mol. The van der Waals surface area contributed by atoms with E-state index in [2.05, 4.69) is 10.6 Å². The third-order valence-electron chi connectivity index (χ3n) is 4.60. The number of rotatable bonds is 11. The molecule has 3 aromatic rings. The molecule has 8 heteroatoms. The molecule has 31 heavy (non-hydrogen) atoms. The SMILES string of the molecule is COc1cccc(CNCCNc2ccc([N+](=O)[O-])cc2)c1OCc1ccc(Cl)cc1. The molecule has 0 unspecified atom stereocenters. The fourth-order valence-corrected chi connectivity index (χ4v) is 3.11. The number of para-hydroxylation sites is 1. The largest absolute Gasteiger partial charge is 0.493 e. The Morgan fingerprint density at radius 3 is 2.42 bits per heavy atom. The number of hydrogen-bond acceptors (Lipinski definition) is 6. The first-order valence-electron chi connectivity index (χ1n) is 9.79. The van der Waals surface area contributed by atoms with E-state index in [-0.39, 0.29) is 5.69 Å². The summed E-state index contributed by atoms with van der Waals surface area (Å²) in [7, 11) is 1.62. The number of ether oxygens (including phenoxy) is 2. The zero-order valence-corrected chi connectivity index (χ0v) is 17.9. The first-order chi connectivity index (χ1) is 15.1. The minimum atomic E-state index is -0.411. The standard InChI is InChI=1S/C23H24ClN3O4/c1-30-22-4-2-3-18(23(22)31-16-17-5-7-19(24)8-6-17)15-25-13-14-26-20-9-11-21(12-10-20)27(28)29/h2-12,25-26H,13-16H2,1H3. The van der Waals surface area contributed by atoms with Crippen molar-refractivity contribution in [3.05, 3.63) is 93.0 Å². The third-order valence-corrected chi connectivity index (χ3v) is 4.85. The van der Waals surface area contributed by atoms with Gasteiger partial charge < -0.3 is 20.1 Å². The first-order valence-corrected chi connectivity index (χ1v) is 10.2. The van der Waals surface area contributed by atoms with Crippen molar-refractivity contribution in [2.24, 2.45) is 0 Å². The van der Waals surface area contributed by atoms with Crippen molar-refractivity contribution in [1.82, 2.24) is 5.32 Å². The van der Waals surface area contributed by atoms with Crippen molar-refractivity contribution in [1.29, 1.82) is 0 Å². The predicted molar refractivity (Wildman–Crippen MR) is 122 cm³/mol. The molecule has 0 amide bonds. The number of nitro groups is 1. The van der Waals surface area contributed by atoms with Crippen LogP contribution in [0.25, 0.3) is 0 Å². The maximum atomic E-state index is 10.7. The molecule has 7 nitrogen and oxygen atoms in total. The summed E-state index contributed by atoms with van der Waals surface area (Å²) in [6.45, 7) is 2.38. The number of nitro benzene ring substituents is 1. The average Bonchev–Trinajstić information content (AvgIpc) is 2.79. The minimum absolute atomic E-state index is 0.0767. The molecule has 0 fully saturated rings. The van der Waals surface area contributed by atoms with Gasteiger partial charge in [0.15, 0.2) is 11.5 Å². The van der Waals surface area contributed by atoms with Crippen LogP contribution >= 0.6 is 11.6 Å². The Morgan fingerprint density at radius 1 is 1.00 bits per heavy atom. The van der Waals surface area contributed by atoms with Crippen LogP contribution in [0.4, 0.5) is 11.4 Å². The third kappa shape index (κ3) is 6.60. The van der Waals surface area contributed by atoms with Gasteiger partial charge in [0, 0.05) is 48.0 Å². The number of halogens is 1. The lowest BCUT2D eigenvalue weighted by Gasteiger charge is -2.16. The molecule has 0 saturated carbocycles. The molecule has 0 radical (unpaired) electrons. The van der Waals surface area contributed by atoms with Crippen LogP contribution in [0.15, 0.2) is 66.7 Å². The van der Waals surface area contributed by atoms with Crippen LogP contribution in [0, 0.1) is 10.1 Å². The van der Waals surface area contributed by atoms with E-state index in [0.717, 1.165) is 16.8 Å². The highest BCUT2D eigenvalue weighted by atomic mass is 35.5. The van der Waals surface area contributed by atoms with Crippen LogP contribution in [0.3, 0.4) is 0 Å². The van der Waals surface area contributed by atoms with Gasteiger partial charge in [-0.2, -0.15) is 0 Å². The normalized spacial score (nSPS) is 10.5. The average molecular weight is 442 g/mol. The van der Waals surface area contributed by atoms with Crippen LogP contribution in [-0.4, -0.2) is 25.1 Å². The van der Waals surface area contributed by atoms with Crippen LogP contribution in [0.5, 0.6) is 11.5 Å². The molecule has 0 aromatic heterocycles. The zero-order chi connectivity index (χ0) is 22.1. The lowest BCUT2D eigenvalue weighted by atomic mass is 10.1. The Labute approximate surface area is 186 Å². The summed E-state index contributed by atoms with van der Waals surface area (Å²) in [5.41, 5.74) is 2.92. The Balaban J connectivity index is 1.52. The molecular formula is C23H24ClN3O4. The lowest BCUT2D eigenvalue weighted by molar-refractivity contribution is -0.384. The Hall–Kier alpha value is -3.29. The molecule has 0 atom stereocenters. The summed E-state index contributed by atoms with van der Waals surface area (Å²) >= 11 is 5.94.